The van der Waals surface area contributed by atoms with Gasteiger partial charge in [0.2, 0.25) is 5.88 Å². The molecule has 0 radical (unpaired) electrons. The Bertz CT molecular complexity index is 2840. The van der Waals surface area contributed by atoms with E-state index in [-0.39, 0.29) is 6.04 Å². The lowest BCUT2D eigenvalue weighted by Gasteiger charge is -2.27. The zero-order valence-electron chi connectivity index (χ0n) is 25.3. The van der Waals surface area contributed by atoms with Gasteiger partial charge in [0.15, 0.2) is 0 Å². The number of aromatic nitrogens is 1. The van der Waals surface area contributed by atoms with Crippen LogP contribution in [0.2, 0.25) is 0 Å². The van der Waals surface area contributed by atoms with Gasteiger partial charge in [-0.05, 0) is 69.9 Å². The molecule has 1 N–H and O–H groups in total. The number of nitrogens with one attached hydrogen (secondary N) is 1. The number of hydrogen-bond acceptors (Lipinski definition) is 4. The minimum Gasteiger partial charge on any atom is -0.460 e. The van der Waals surface area contributed by atoms with Gasteiger partial charge < -0.3 is 14.2 Å². The van der Waals surface area contributed by atoms with Gasteiger partial charge in [0.05, 0.1) is 11.0 Å². The van der Waals surface area contributed by atoms with Gasteiger partial charge in [0.1, 0.15) is 34.5 Å². The minimum atomic E-state index is -0.319. The number of benzene rings is 6. The molecule has 2 aliphatic rings. The van der Waals surface area contributed by atoms with Crippen molar-refractivity contribution in [2.75, 3.05) is 5.32 Å². The van der Waals surface area contributed by atoms with Gasteiger partial charge >= 0.3 is 0 Å². The number of anilines is 1. The molecule has 1 unspecified atom stereocenters. The Morgan fingerprint density at radius 1 is 0.660 bits per heavy atom. The summed E-state index contributed by atoms with van der Waals surface area (Å²) >= 11 is 0. The lowest BCUT2D eigenvalue weighted by Crippen LogP contribution is -2.29. The fourth-order valence-electron chi connectivity index (χ4n) is 8.00. The largest absolute Gasteiger partial charge is 0.460 e. The Labute approximate surface area is 269 Å². The fraction of sp³-hybridized carbons (Fsp3) is 0.0714. The summed E-state index contributed by atoms with van der Waals surface area (Å²) in [6.45, 7) is 0. The molecule has 0 fully saturated rings. The Kier molecular flexibility index (Phi) is 4.95. The smallest absolute Gasteiger partial charge is 0.221 e. The fourth-order valence-corrected chi connectivity index (χ4v) is 8.00. The van der Waals surface area contributed by atoms with Gasteiger partial charge in [-0.15, -0.1) is 0 Å². The average Bonchev–Trinajstić information content (AvgIpc) is 3.79. The molecule has 3 aromatic heterocycles. The summed E-state index contributed by atoms with van der Waals surface area (Å²) in [6.07, 6.45) is 6.36. The van der Waals surface area contributed by atoms with E-state index in [1.807, 2.05) is 18.2 Å². The molecule has 5 nitrogen and oxygen atoms in total. The van der Waals surface area contributed by atoms with E-state index in [0.29, 0.717) is 5.88 Å². The van der Waals surface area contributed by atoms with Crippen molar-refractivity contribution < 1.29 is 8.83 Å². The van der Waals surface area contributed by atoms with E-state index in [0.717, 1.165) is 74.2 Å². The number of furan rings is 2. The lowest BCUT2D eigenvalue weighted by atomic mass is 9.94. The Hall–Kier alpha value is -6.07. The van der Waals surface area contributed by atoms with Crippen LogP contribution in [-0.4, -0.2) is 10.4 Å². The molecule has 11 rings (SSSR count). The van der Waals surface area contributed by atoms with Crippen LogP contribution in [0.15, 0.2) is 135 Å². The van der Waals surface area contributed by atoms with Gasteiger partial charge in [-0.25, -0.2) is 4.99 Å². The first kappa shape index (κ1) is 25.2. The molecule has 0 bridgehead atoms. The maximum atomic E-state index is 6.45. The van der Waals surface area contributed by atoms with Gasteiger partial charge in [-0.2, -0.15) is 0 Å². The summed E-state index contributed by atoms with van der Waals surface area (Å²) in [5.74, 6) is 2.63. The van der Waals surface area contributed by atoms with Gasteiger partial charge in [0, 0.05) is 33.5 Å². The minimum absolute atomic E-state index is 0.319. The first-order chi connectivity index (χ1) is 23.3. The van der Waals surface area contributed by atoms with E-state index >= 15 is 0 Å². The molecular weight excluding hydrogens is 578 g/mol. The van der Waals surface area contributed by atoms with Crippen LogP contribution in [0.5, 0.6) is 0 Å². The average molecular weight is 606 g/mol. The SMILES string of the molecule is C1=Cc2c(oc3cccc(C4Nc5oc6ccccc6c5N=C4n4c5cc6ccccc6cc5c5c6ccccc6ccc54)c23)CC1. The van der Waals surface area contributed by atoms with Crippen LogP contribution in [0, 0.1) is 0 Å². The molecule has 1 aliphatic carbocycles. The first-order valence-electron chi connectivity index (χ1n) is 16.2. The number of aryl methyl sites for hydroxylation is 1. The topological polar surface area (TPSA) is 55.6 Å². The normalized spacial score (nSPS) is 15.9. The number of allylic oxidation sites excluding steroid dienone is 1. The highest BCUT2D eigenvalue weighted by Gasteiger charge is 2.34. The second-order valence-corrected chi connectivity index (χ2v) is 12.7. The highest BCUT2D eigenvalue weighted by molar-refractivity contribution is 6.26. The number of aliphatic imine (C=N–C) groups is 1. The van der Waals surface area contributed by atoms with Crippen LogP contribution >= 0.6 is 0 Å². The molecule has 222 valence electrons. The van der Waals surface area contributed by atoms with Crippen molar-refractivity contribution in [3.05, 3.63) is 138 Å². The van der Waals surface area contributed by atoms with E-state index in [4.69, 9.17) is 13.8 Å². The summed E-state index contributed by atoms with van der Waals surface area (Å²) in [4.78, 5) is 5.57. The predicted molar refractivity (Wildman–Crippen MR) is 193 cm³/mol. The molecule has 0 spiro atoms. The van der Waals surface area contributed by atoms with Crippen molar-refractivity contribution in [1.29, 1.82) is 0 Å². The summed E-state index contributed by atoms with van der Waals surface area (Å²) < 4.78 is 15.3. The summed E-state index contributed by atoms with van der Waals surface area (Å²) in [5.41, 5.74) is 7.06. The van der Waals surface area contributed by atoms with E-state index < -0.39 is 0 Å². The van der Waals surface area contributed by atoms with Crippen molar-refractivity contribution in [2.24, 2.45) is 4.99 Å². The van der Waals surface area contributed by atoms with Crippen LogP contribution in [0.1, 0.15) is 29.3 Å². The quantitative estimate of drug-likeness (QED) is 0.202. The zero-order chi connectivity index (χ0) is 30.6. The second kappa shape index (κ2) is 9.24. The Balaban J connectivity index is 1.29. The standard InChI is InChI=1S/C42H27N3O2/c1-2-12-26-23-33-31(22-25(26)11-1)37-27-13-4-3-10-24(27)20-21-32(37)45(33)41-39(44-42-40(43-41)29-15-6-8-18-35(29)47-42)30-16-9-19-36-38(30)28-14-5-7-17-34(28)46-36/h1-6,8-16,18-23,39,44H,7,17H2. The number of para-hydroxylation sites is 1. The van der Waals surface area contributed by atoms with Crippen LogP contribution in [0.25, 0.3) is 71.4 Å². The van der Waals surface area contributed by atoms with Crippen LogP contribution in [-0.2, 0) is 6.42 Å². The van der Waals surface area contributed by atoms with Crippen molar-refractivity contribution in [3.8, 4) is 0 Å². The molecule has 4 heterocycles. The van der Waals surface area contributed by atoms with Crippen molar-refractivity contribution in [3.63, 3.8) is 0 Å². The van der Waals surface area contributed by atoms with Gasteiger partial charge in [-0.3, -0.25) is 4.57 Å². The van der Waals surface area contributed by atoms with E-state index in [9.17, 15) is 0 Å². The van der Waals surface area contributed by atoms with Crippen molar-refractivity contribution in [1.82, 2.24) is 4.57 Å². The third-order valence-corrected chi connectivity index (χ3v) is 10.1. The number of rotatable bonds is 1. The summed E-state index contributed by atoms with van der Waals surface area (Å²) in [7, 11) is 0. The van der Waals surface area contributed by atoms with E-state index in [1.165, 1.54) is 32.3 Å². The van der Waals surface area contributed by atoms with Crippen LogP contribution in [0.4, 0.5) is 11.6 Å². The monoisotopic (exact) mass is 605 g/mol. The molecule has 47 heavy (non-hydrogen) atoms. The van der Waals surface area contributed by atoms with Gasteiger partial charge in [0.25, 0.3) is 0 Å². The molecule has 0 saturated carbocycles. The molecular formula is C42H27N3O2. The zero-order valence-corrected chi connectivity index (χ0v) is 25.3. The third-order valence-electron chi connectivity index (χ3n) is 10.1. The molecule has 9 aromatic rings. The molecule has 5 heteroatoms. The van der Waals surface area contributed by atoms with Crippen LogP contribution < -0.4 is 5.32 Å². The lowest BCUT2D eigenvalue weighted by molar-refractivity contribution is 0.546. The van der Waals surface area contributed by atoms with Crippen LogP contribution in [0.3, 0.4) is 0 Å². The third kappa shape index (κ3) is 3.46. The number of hydrogen-bond donors (Lipinski definition) is 1. The highest BCUT2D eigenvalue weighted by Crippen LogP contribution is 2.47. The Morgan fingerprint density at radius 2 is 1.45 bits per heavy atom. The first-order valence-corrected chi connectivity index (χ1v) is 16.2. The summed E-state index contributed by atoms with van der Waals surface area (Å²) in [6, 6.07) is 40.7. The second-order valence-electron chi connectivity index (χ2n) is 12.7. The molecule has 1 aliphatic heterocycles. The number of nitrogens with zero attached hydrogens (tertiary/aromatic N) is 2. The van der Waals surface area contributed by atoms with E-state index in [2.05, 4.69) is 119 Å². The van der Waals surface area contributed by atoms with Crippen molar-refractivity contribution >= 4 is 88.8 Å². The highest BCUT2D eigenvalue weighted by atomic mass is 16.4. The molecule has 6 aromatic carbocycles. The van der Waals surface area contributed by atoms with E-state index in [1.54, 1.807) is 0 Å². The maximum absolute atomic E-state index is 6.45. The Morgan fingerprint density at radius 3 is 2.36 bits per heavy atom. The molecule has 0 amide bonds. The predicted octanol–water partition coefficient (Wildman–Crippen LogP) is 11.3. The summed E-state index contributed by atoms with van der Waals surface area (Å²) in [5, 5.41) is 13.3. The maximum Gasteiger partial charge on any atom is 0.221 e. The van der Waals surface area contributed by atoms with Gasteiger partial charge in [-0.1, -0.05) is 91.0 Å². The van der Waals surface area contributed by atoms with Crippen molar-refractivity contribution in [2.45, 2.75) is 18.9 Å². The molecule has 1 atom stereocenters. The number of fused-ring (bicyclic) bond motifs is 12. The molecule has 0 saturated heterocycles.